The maximum absolute atomic E-state index is 12.1. The summed E-state index contributed by atoms with van der Waals surface area (Å²) in [6.07, 6.45) is -0.749. The summed E-state index contributed by atoms with van der Waals surface area (Å²) >= 11 is 0. The molecule has 0 unspecified atom stereocenters. The Labute approximate surface area is 129 Å². The average Bonchev–Trinajstić information content (AvgIpc) is 2.41. The predicted molar refractivity (Wildman–Crippen MR) is 87.6 cm³/mol. The highest BCUT2D eigenvalue weighted by atomic mass is 32.2. The van der Waals surface area contributed by atoms with Gasteiger partial charge in [-0.15, -0.1) is 0 Å². The van der Waals surface area contributed by atoms with E-state index in [9.17, 15) is 9.32 Å². The smallest absolute Gasteiger partial charge is 0.203 e. The Bertz CT molecular complexity index is 535. The number of aryl methyl sites for hydroxylation is 1. The number of aliphatic hydroxyl groups is 1. The fourth-order valence-electron chi connectivity index (χ4n) is 1.80. The van der Waals surface area contributed by atoms with E-state index in [2.05, 4.69) is 4.40 Å². The van der Waals surface area contributed by atoms with Gasteiger partial charge in [0.05, 0.1) is 23.9 Å². The number of nitrogens with zero attached hydrogens (tertiary/aromatic N) is 1. The summed E-state index contributed by atoms with van der Waals surface area (Å²) in [5, 5.41) is 10.5. The third kappa shape index (κ3) is 4.93. The molecule has 0 spiro atoms. The van der Waals surface area contributed by atoms with Crippen LogP contribution in [0.25, 0.3) is 0 Å². The molecular weight excluding hydrogens is 286 g/mol. The molecule has 0 aliphatic rings. The van der Waals surface area contributed by atoms with Crippen molar-refractivity contribution < 1.29 is 14.1 Å². The fraction of sp³-hybridized carbons (Fsp3) is 0.562. The molecule has 3 atom stereocenters. The summed E-state index contributed by atoms with van der Waals surface area (Å²) in [5.41, 5.74) is 1.88. The van der Waals surface area contributed by atoms with Crippen molar-refractivity contribution in [3.8, 4) is 0 Å². The SMILES string of the molecule is CO/C(=N/[S@](=O)C(C)(C)C)[C@H](C)[C@H](O)c1cccc(C)c1. The van der Waals surface area contributed by atoms with E-state index in [1.165, 1.54) is 7.11 Å². The molecule has 0 saturated heterocycles. The molecule has 5 heteroatoms. The second-order valence-corrected chi connectivity index (χ2v) is 8.05. The van der Waals surface area contributed by atoms with Gasteiger partial charge in [0, 0.05) is 0 Å². The lowest BCUT2D eigenvalue weighted by Gasteiger charge is -2.21. The lowest BCUT2D eigenvalue weighted by atomic mass is 9.96. The molecule has 1 aromatic carbocycles. The number of benzene rings is 1. The molecule has 0 aromatic heterocycles. The number of hydrogen-bond acceptors (Lipinski definition) is 3. The lowest BCUT2D eigenvalue weighted by Crippen LogP contribution is -2.26. The second kappa shape index (κ2) is 7.18. The van der Waals surface area contributed by atoms with Crippen LogP contribution in [0, 0.1) is 12.8 Å². The fourth-order valence-corrected chi connectivity index (χ4v) is 2.48. The Hall–Kier alpha value is -1.20. The summed E-state index contributed by atoms with van der Waals surface area (Å²) in [6.45, 7) is 9.33. The van der Waals surface area contributed by atoms with E-state index in [1.54, 1.807) is 0 Å². The Kier molecular flexibility index (Phi) is 6.10. The molecule has 118 valence electrons. The van der Waals surface area contributed by atoms with Gasteiger partial charge in [-0.25, -0.2) is 4.21 Å². The van der Waals surface area contributed by atoms with Gasteiger partial charge in [-0.2, -0.15) is 4.40 Å². The first-order chi connectivity index (χ1) is 9.66. The number of methoxy groups -OCH3 is 1. The molecule has 4 nitrogen and oxygen atoms in total. The largest absolute Gasteiger partial charge is 0.483 e. The van der Waals surface area contributed by atoms with Gasteiger partial charge in [-0.3, -0.25) is 0 Å². The molecule has 1 N–H and O–H groups in total. The van der Waals surface area contributed by atoms with Crippen LogP contribution in [0.15, 0.2) is 28.7 Å². The molecule has 0 aliphatic carbocycles. The zero-order valence-electron chi connectivity index (χ0n) is 13.6. The van der Waals surface area contributed by atoms with E-state index >= 15 is 0 Å². The number of rotatable bonds is 4. The Balaban J connectivity index is 3.01. The van der Waals surface area contributed by atoms with Crippen LogP contribution >= 0.6 is 0 Å². The van der Waals surface area contributed by atoms with Gasteiger partial charge >= 0.3 is 0 Å². The van der Waals surface area contributed by atoms with Crippen LogP contribution in [-0.4, -0.2) is 27.1 Å². The van der Waals surface area contributed by atoms with Gasteiger partial charge in [0.15, 0.2) is 0 Å². The number of ether oxygens (including phenoxy) is 1. The Morgan fingerprint density at radius 1 is 1.38 bits per heavy atom. The zero-order valence-corrected chi connectivity index (χ0v) is 14.4. The molecular formula is C16H25NO3S. The normalized spacial score (nSPS) is 17.2. The van der Waals surface area contributed by atoms with E-state index in [-0.39, 0.29) is 5.92 Å². The molecule has 0 saturated carbocycles. The average molecular weight is 311 g/mol. The highest BCUT2D eigenvalue weighted by Gasteiger charge is 2.26. The van der Waals surface area contributed by atoms with E-state index in [1.807, 2.05) is 58.9 Å². The van der Waals surface area contributed by atoms with Gasteiger partial charge in [0.25, 0.3) is 0 Å². The van der Waals surface area contributed by atoms with E-state index in [0.29, 0.717) is 5.90 Å². The molecule has 0 fully saturated rings. The first kappa shape index (κ1) is 17.9. The number of hydrogen-bond donors (Lipinski definition) is 1. The van der Waals surface area contributed by atoms with Crippen LogP contribution < -0.4 is 0 Å². The standard InChI is InChI=1S/C16H25NO3S/c1-11-8-7-9-13(10-11)14(18)12(2)15(20-6)17-21(19)16(3,4)5/h7-10,12,14,18H,1-6H3/b17-15+/t12-,14+,21-/m1/s1. The van der Waals surface area contributed by atoms with E-state index in [0.717, 1.165) is 11.1 Å². The van der Waals surface area contributed by atoms with Crippen molar-refractivity contribution in [1.29, 1.82) is 0 Å². The predicted octanol–water partition coefficient (Wildman–Crippen LogP) is 3.17. The maximum Gasteiger partial charge on any atom is 0.203 e. The molecule has 1 rings (SSSR count). The van der Waals surface area contributed by atoms with Gasteiger partial charge in [0.1, 0.15) is 11.0 Å². The third-order valence-corrected chi connectivity index (χ3v) is 4.55. The molecule has 0 amide bonds. The van der Waals surface area contributed by atoms with E-state index in [4.69, 9.17) is 4.74 Å². The molecule has 0 aliphatic heterocycles. The minimum Gasteiger partial charge on any atom is -0.483 e. The van der Waals surface area contributed by atoms with Crippen molar-refractivity contribution in [3.05, 3.63) is 35.4 Å². The van der Waals surface area contributed by atoms with Crippen molar-refractivity contribution in [2.75, 3.05) is 7.11 Å². The molecule has 0 bridgehead atoms. The van der Waals surface area contributed by atoms with Gasteiger partial charge in [-0.05, 0) is 33.3 Å². The van der Waals surface area contributed by atoms with Crippen molar-refractivity contribution in [2.24, 2.45) is 10.3 Å². The topological polar surface area (TPSA) is 58.9 Å². The molecule has 1 aromatic rings. The minimum absolute atomic E-state index is 0.303. The van der Waals surface area contributed by atoms with Gasteiger partial charge < -0.3 is 9.84 Å². The van der Waals surface area contributed by atoms with Gasteiger partial charge in [0.2, 0.25) is 5.90 Å². The monoisotopic (exact) mass is 311 g/mol. The second-order valence-electron chi connectivity index (χ2n) is 6.14. The first-order valence-corrected chi connectivity index (χ1v) is 8.06. The molecule has 0 radical (unpaired) electrons. The molecule has 21 heavy (non-hydrogen) atoms. The van der Waals surface area contributed by atoms with Crippen LogP contribution in [0.4, 0.5) is 0 Å². The van der Waals surface area contributed by atoms with Crippen molar-refractivity contribution in [1.82, 2.24) is 0 Å². The van der Waals surface area contributed by atoms with Crippen LogP contribution in [0.1, 0.15) is 44.9 Å². The van der Waals surface area contributed by atoms with Crippen molar-refractivity contribution in [3.63, 3.8) is 0 Å². The highest BCUT2D eigenvalue weighted by molar-refractivity contribution is 7.85. The van der Waals surface area contributed by atoms with Crippen LogP contribution in [0.2, 0.25) is 0 Å². The Morgan fingerprint density at radius 3 is 2.48 bits per heavy atom. The van der Waals surface area contributed by atoms with Crippen LogP contribution in [-0.2, 0) is 15.7 Å². The summed E-state index contributed by atoms with van der Waals surface area (Å²) in [5.74, 6) is -0.0691. The lowest BCUT2D eigenvalue weighted by molar-refractivity contribution is 0.136. The molecule has 0 heterocycles. The van der Waals surface area contributed by atoms with E-state index < -0.39 is 21.8 Å². The zero-order chi connectivity index (χ0) is 16.2. The third-order valence-electron chi connectivity index (χ3n) is 3.15. The summed E-state index contributed by atoms with van der Waals surface area (Å²) in [4.78, 5) is 0. The quantitative estimate of drug-likeness (QED) is 0.686. The maximum atomic E-state index is 12.1. The van der Waals surface area contributed by atoms with Crippen LogP contribution in [0.3, 0.4) is 0 Å². The van der Waals surface area contributed by atoms with Crippen LogP contribution in [0.5, 0.6) is 0 Å². The number of aliphatic hydroxyl groups excluding tert-OH is 1. The summed E-state index contributed by atoms with van der Waals surface area (Å²) in [6, 6.07) is 7.66. The van der Waals surface area contributed by atoms with Crippen molar-refractivity contribution >= 4 is 16.9 Å². The van der Waals surface area contributed by atoms with Gasteiger partial charge in [-0.1, -0.05) is 36.8 Å². The summed E-state index contributed by atoms with van der Waals surface area (Å²) in [7, 11) is 0.0709. The first-order valence-electron chi connectivity index (χ1n) is 6.96. The highest BCUT2D eigenvalue weighted by Crippen LogP contribution is 2.25. The van der Waals surface area contributed by atoms with Crippen molar-refractivity contribution in [2.45, 2.75) is 45.5 Å². The summed E-state index contributed by atoms with van der Waals surface area (Å²) < 4.78 is 21.0. The Morgan fingerprint density at radius 2 is 2.00 bits per heavy atom. The minimum atomic E-state index is -1.41.